The van der Waals surface area contributed by atoms with Gasteiger partial charge >= 0.3 is 0 Å². The van der Waals surface area contributed by atoms with Crippen molar-refractivity contribution in [2.45, 2.75) is 19.9 Å². The number of carbonyl (C=O) groups is 2. The predicted molar refractivity (Wildman–Crippen MR) is 117 cm³/mol. The third kappa shape index (κ3) is 4.51. The first-order chi connectivity index (χ1) is 14.6. The third-order valence-corrected chi connectivity index (χ3v) is 5.15. The number of fused-ring (bicyclic) bond motifs is 1. The van der Waals surface area contributed by atoms with Gasteiger partial charge in [-0.05, 0) is 54.8 Å². The van der Waals surface area contributed by atoms with Gasteiger partial charge in [0, 0.05) is 24.3 Å². The molecule has 4 rings (SSSR count). The predicted octanol–water partition coefficient (Wildman–Crippen LogP) is 3.89. The quantitative estimate of drug-likeness (QED) is 0.683. The number of hydrogen-bond acceptors (Lipinski definition) is 3. The molecule has 5 nitrogen and oxygen atoms in total. The zero-order chi connectivity index (χ0) is 20.9. The Labute approximate surface area is 176 Å². The second kappa shape index (κ2) is 8.82. The number of aryl methyl sites for hydroxylation is 1. The molecule has 1 heterocycles. The lowest BCUT2D eigenvalue weighted by atomic mass is 10.1. The van der Waals surface area contributed by atoms with Gasteiger partial charge in [-0.25, -0.2) is 0 Å². The standard InChI is InChI=1S/C25H24N2O3/c1-18-6-5-7-21(14-18)25(29)27-13-12-20-15-19(10-11-23(20)27)16-26-24(28)17-30-22-8-3-2-4-9-22/h2-11,14-15H,12-13,16-17H2,1H3,(H,26,28). The summed E-state index contributed by atoms with van der Waals surface area (Å²) in [5, 5.41) is 2.88. The molecule has 0 atom stereocenters. The van der Waals surface area contributed by atoms with Crippen LogP contribution in [0.1, 0.15) is 27.0 Å². The zero-order valence-corrected chi connectivity index (χ0v) is 16.9. The second-order valence-electron chi connectivity index (χ2n) is 7.42. The number of carbonyl (C=O) groups excluding carboxylic acids is 2. The van der Waals surface area contributed by atoms with Crippen molar-refractivity contribution in [2.24, 2.45) is 0 Å². The highest BCUT2D eigenvalue weighted by Gasteiger charge is 2.25. The van der Waals surface area contributed by atoms with Gasteiger partial charge in [0.2, 0.25) is 0 Å². The minimum atomic E-state index is -0.171. The SMILES string of the molecule is Cc1cccc(C(=O)N2CCc3cc(CNC(=O)COc4ccccc4)ccc32)c1. The van der Waals surface area contributed by atoms with Crippen LogP contribution in [-0.2, 0) is 17.8 Å². The lowest BCUT2D eigenvalue weighted by Crippen LogP contribution is -2.29. The van der Waals surface area contributed by atoms with E-state index < -0.39 is 0 Å². The van der Waals surface area contributed by atoms with Crippen LogP contribution in [0.2, 0.25) is 0 Å². The summed E-state index contributed by atoms with van der Waals surface area (Å²) >= 11 is 0. The molecule has 1 aliphatic rings. The molecule has 30 heavy (non-hydrogen) atoms. The van der Waals surface area contributed by atoms with Crippen LogP contribution in [-0.4, -0.2) is 25.0 Å². The molecule has 0 unspecified atom stereocenters. The molecule has 0 saturated heterocycles. The molecule has 0 spiro atoms. The lowest BCUT2D eigenvalue weighted by Gasteiger charge is -2.18. The highest BCUT2D eigenvalue weighted by atomic mass is 16.5. The van der Waals surface area contributed by atoms with Crippen LogP contribution in [0.5, 0.6) is 5.75 Å². The number of nitrogens with one attached hydrogen (secondary N) is 1. The topological polar surface area (TPSA) is 58.6 Å². The van der Waals surface area contributed by atoms with Gasteiger partial charge in [0.25, 0.3) is 11.8 Å². The number of nitrogens with zero attached hydrogens (tertiary/aromatic N) is 1. The summed E-state index contributed by atoms with van der Waals surface area (Å²) in [5.74, 6) is 0.524. The van der Waals surface area contributed by atoms with Crippen LogP contribution in [0.3, 0.4) is 0 Å². The fourth-order valence-electron chi connectivity index (χ4n) is 3.63. The highest BCUT2D eigenvalue weighted by molar-refractivity contribution is 6.07. The van der Waals surface area contributed by atoms with Gasteiger partial charge in [-0.3, -0.25) is 9.59 Å². The van der Waals surface area contributed by atoms with E-state index in [9.17, 15) is 9.59 Å². The normalized spacial score (nSPS) is 12.4. The van der Waals surface area contributed by atoms with E-state index in [4.69, 9.17) is 4.74 Å². The van der Waals surface area contributed by atoms with Crippen molar-refractivity contribution in [1.29, 1.82) is 0 Å². The van der Waals surface area contributed by atoms with Crippen LogP contribution in [0.15, 0.2) is 72.8 Å². The minimum absolute atomic E-state index is 0.0201. The average molecular weight is 400 g/mol. The maximum atomic E-state index is 12.9. The van der Waals surface area contributed by atoms with Crippen LogP contribution >= 0.6 is 0 Å². The summed E-state index contributed by atoms with van der Waals surface area (Å²) in [6.07, 6.45) is 0.811. The van der Waals surface area contributed by atoms with Crippen molar-refractivity contribution in [1.82, 2.24) is 5.32 Å². The van der Waals surface area contributed by atoms with Gasteiger partial charge in [-0.2, -0.15) is 0 Å². The maximum absolute atomic E-state index is 12.9. The number of ether oxygens (including phenoxy) is 1. The van der Waals surface area contributed by atoms with Crippen molar-refractivity contribution in [3.63, 3.8) is 0 Å². The van der Waals surface area contributed by atoms with E-state index >= 15 is 0 Å². The monoisotopic (exact) mass is 400 g/mol. The Bertz CT molecular complexity index is 1060. The number of para-hydroxylation sites is 1. The van der Waals surface area contributed by atoms with E-state index in [2.05, 4.69) is 11.4 Å². The zero-order valence-electron chi connectivity index (χ0n) is 16.9. The fourth-order valence-corrected chi connectivity index (χ4v) is 3.63. The number of anilines is 1. The Morgan fingerprint density at radius 3 is 2.63 bits per heavy atom. The molecule has 2 amide bonds. The van der Waals surface area contributed by atoms with Gasteiger partial charge in [0.1, 0.15) is 5.75 Å². The molecule has 0 radical (unpaired) electrons. The molecule has 0 aromatic heterocycles. The first kappa shape index (κ1) is 19.7. The smallest absolute Gasteiger partial charge is 0.258 e. The summed E-state index contributed by atoms with van der Waals surface area (Å²) in [5.41, 5.74) is 4.86. The molecule has 152 valence electrons. The summed E-state index contributed by atoms with van der Waals surface area (Å²) in [6.45, 7) is 3.06. The molecule has 0 saturated carbocycles. The molecule has 1 aliphatic heterocycles. The summed E-state index contributed by atoms with van der Waals surface area (Å²) in [7, 11) is 0. The second-order valence-corrected chi connectivity index (χ2v) is 7.42. The highest BCUT2D eigenvalue weighted by Crippen LogP contribution is 2.30. The van der Waals surface area contributed by atoms with Crippen molar-refractivity contribution in [3.05, 3.63) is 95.1 Å². The number of hydrogen-bond donors (Lipinski definition) is 1. The first-order valence-electron chi connectivity index (χ1n) is 10.0. The molecule has 0 fully saturated rings. The Kier molecular flexibility index (Phi) is 5.80. The van der Waals surface area contributed by atoms with Crippen molar-refractivity contribution in [3.8, 4) is 5.75 Å². The van der Waals surface area contributed by atoms with Crippen molar-refractivity contribution >= 4 is 17.5 Å². The van der Waals surface area contributed by atoms with Gasteiger partial charge in [-0.15, -0.1) is 0 Å². The Balaban J connectivity index is 1.35. The fraction of sp³-hybridized carbons (Fsp3) is 0.200. The molecular weight excluding hydrogens is 376 g/mol. The van der Waals surface area contributed by atoms with Gasteiger partial charge < -0.3 is 15.0 Å². The van der Waals surface area contributed by atoms with E-state index in [1.54, 1.807) is 0 Å². The van der Waals surface area contributed by atoms with E-state index in [1.807, 2.05) is 78.6 Å². The van der Waals surface area contributed by atoms with Crippen LogP contribution in [0, 0.1) is 6.92 Å². The Hall–Kier alpha value is -3.60. The van der Waals surface area contributed by atoms with Crippen LogP contribution < -0.4 is 15.0 Å². The summed E-state index contributed by atoms with van der Waals surface area (Å²) in [4.78, 5) is 26.8. The summed E-state index contributed by atoms with van der Waals surface area (Å²) in [6, 6.07) is 22.9. The van der Waals surface area contributed by atoms with Gasteiger partial charge in [-0.1, -0.05) is 48.0 Å². The Morgan fingerprint density at radius 1 is 1.00 bits per heavy atom. The van der Waals surface area contributed by atoms with Crippen LogP contribution in [0.4, 0.5) is 5.69 Å². The van der Waals surface area contributed by atoms with Gasteiger partial charge in [0.05, 0.1) is 0 Å². The minimum Gasteiger partial charge on any atom is -0.484 e. The lowest BCUT2D eigenvalue weighted by molar-refractivity contribution is -0.123. The van der Waals surface area contributed by atoms with Crippen LogP contribution in [0.25, 0.3) is 0 Å². The molecule has 0 aliphatic carbocycles. The number of rotatable bonds is 6. The summed E-state index contributed by atoms with van der Waals surface area (Å²) < 4.78 is 5.46. The average Bonchev–Trinajstić information content (AvgIpc) is 3.19. The van der Waals surface area contributed by atoms with E-state index in [0.29, 0.717) is 24.4 Å². The molecule has 5 heteroatoms. The molecular formula is C25H24N2O3. The van der Waals surface area contributed by atoms with Gasteiger partial charge in [0.15, 0.2) is 6.61 Å². The molecule has 0 bridgehead atoms. The third-order valence-electron chi connectivity index (χ3n) is 5.15. The van der Waals surface area contributed by atoms with Crippen molar-refractivity contribution < 1.29 is 14.3 Å². The maximum Gasteiger partial charge on any atom is 0.258 e. The van der Waals surface area contributed by atoms with Crippen molar-refractivity contribution in [2.75, 3.05) is 18.1 Å². The molecule has 1 N–H and O–H groups in total. The first-order valence-corrected chi connectivity index (χ1v) is 10.0. The van der Waals surface area contributed by atoms with E-state index in [0.717, 1.165) is 28.8 Å². The number of amides is 2. The van der Waals surface area contributed by atoms with E-state index in [1.165, 1.54) is 0 Å². The molecule has 3 aromatic rings. The van der Waals surface area contributed by atoms with E-state index in [-0.39, 0.29) is 18.4 Å². The molecule has 3 aromatic carbocycles. The Morgan fingerprint density at radius 2 is 1.83 bits per heavy atom. The largest absolute Gasteiger partial charge is 0.484 e. The number of benzene rings is 3.